The number of unbranched alkanes of at least 4 members (excludes halogenated alkanes) is 1. The van der Waals surface area contributed by atoms with Crippen molar-refractivity contribution in [2.75, 3.05) is 58.9 Å². The number of esters is 1. The van der Waals surface area contributed by atoms with Gasteiger partial charge >= 0.3 is 18.1 Å². The summed E-state index contributed by atoms with van der Waals surface area (Å²) in [5.41, 5.74) is 3.82. The summed E-state index contributed by atoms with van der Waals surface area (Å²) in [5.74, 6) is -0.581. The van der Waals surface area contributed by atoms with Crippen molar-refractivity contribution in [3.05, 3.63) is 87.9 Å². The third kappa shape index (κ3) is 16.3. The van der Waals surface area contributed by atoms with E-state index in [4.69, 9.17) is 77.0 Å². The van der Waals surface area contributed by atoms with E-state index < -0.39 is 21.2 Å². The molecule has 1 aliphatic heterocycles. The summed E-state index contributed by atoms with van der Waals surface area (Å²) >= 11 is 29.0. The Morgan fingerprint density at radius 1 is 0.855 bits per heavy atom. The fraction of sp³-hybridized carbons (Fsp3) is 0.413. The molecule has 4 aromatic rings. The minimum Gasteiger partial charge on any atom is -0.495 e. The van der Waals surface area contributed by atoms with Crippen LogP contribution in [-0.4, -0.2) is 108 Å². The second-order valence-corrected chi connectivity index (χ2v) is 19.8. The molecular formula is C46H55Cl5N6O11S. The highest BCUT2D eigenvalue weighted by Gasteiger charge is 2.50. The number of fused-ring (bicyclic) bond motifs is 2. The average Bonchev–Trinajstić information content (AvgIpc) is 3.80. The zero-order chi connectivity index (χ0) is 51.6. The molecule has 2 N–H and O–H groups in total. The Labute approximate surface area is 430 Å². The number of benzene rings is 3. The van der Waals surface area contributed by atoms with Crippen LogP contribution in [0.15, 0.2) is 66.7 Å². The van der Waals surface area contributed by atoms with Gasteiger partial charge in [0.2, 0.25) is 17.8 Å². The van der Waals surface area contributed by atoms with Crippen LogP contribution in [0.1, 0.15) is 50.7 Å². The van der Waals surface area contributed by atoms with Gasteiger partial charge in [0.1, 0.15) is 24.1 Å². The van der Waals surface area contributed by atoms with E-state index in [0.717, 1.165) is 34.0 Å². The van der Waals surface area contributed by atoms with Crippen molar-refractivity contribution < 1.29 is 52.5 Å². The summed E-state index contributed by atoms with van der Waals surface area (Å²) in [4.78, 5) is 77.3. The molecule has 5 amide bonds. The number of para-hydroxylation sites is 3. The molecule has 23 heteroatoms. The summed E-state index contributed by atoms with van der Waals surface area (Å²) in [7, 11) is 7.07. The van der Waals surface area contributed by atoms with Crippen LogP contribution in [0.4, 0.5) is 21.2 Å². The van der Waals surface area contributed by atoms with Gasteiger partial charge in [-0.15, -0.1) is 0 Å². The van der Waals surface area contributed by atoms with Crippen LogP contribution in [0.5, 0.6) is 11.5 Å². The second kappa shape index (κ2) is 28.0. The molecule has 2 aliphatic rings. The first kappa shape index (κ1) is 58.4. The first-order chi connectivity index (χ1) is 32.7. The molecule has 0 spiro atoms. The maximum absolute atomic E-state index is 12.3. The fourth-order valence-electron chi connectivity index (χ4n) is 6.88. The molecule has 1 fully saturated rings. The highest BCUT2D eigenvalue weighted by Crippen LogP contribution is 2.47. The first-order valence-electron chi connectivity index (χ1n) is 21.1. The molecule has 17 nitrogen and oxygen atoms in total. The van der Waals surface area contributed by atoms with Crippen LogP contribution in [0, 0.1) is 25.7 Å². The number of halogens is 5. The molecule has 3 aromatic carbocycles. The van der Waals surface area contributed by atoms with E-state index in [2.05, 4.69) is 20.4 Å². The molecule has 0 saturated carbocycles. The molecule has 6 rings (SSSR count). The summed E-state index contributed by atoms with van der Waals surface area (Å²) in [5, 5.41) is 6.22. The molecule has 0 radical (unpaired) electrons. The van der Waals surface area contributed by atoms with Gasteiger partial charge in [-0.3, -0.25) is 24.6 Å². The van der Waals surface area contributed by atoms with Crippen molar-refractivity contribution in [3.8, 4) is 11.5 Å². The number of aryl methyl sites for hydroxylation is 2. The lowest BCUT2D eigenvalue weighted by atomic mass is 9.85. The Kier molecular flexibility index (Phi) is 23.7. The Hall–Kier alpha value is -4.95. The van der Waals surface area contributed by atoms with Gasteiger partial charge < -0.3 is 29.0 Å². The van der Waals surface area contributed by atoms with Gasteiger partial charge in [-0.25, -0.2) is 28.2 Å². The van der Waals surface area contributed by atoms with Crippen LogP contribution in [0.2, 0.25) is 10.0 Å². The number of hydrogen-bond acceptors (Lipinski definition) is 13. The lowest BCUT2D eigenvalue weighted by Gasteiger charge is -2.30. The summed E-state index contributed by atoms with van der Waals surface area (Å²) < 4.78 is 24.8. The van der Waals surface area contributed by atoms with Crippen molar-refractivity contribution in [1.29, 1.82) is 0 Å². The quantitative estimate of drug-likeness (QED) is 0.0340. The molecule has 69 heavy (non-hydrogen) atoms. The standard InChI is InChI=1S/C15H21NO4.C14H18N4O3.C9H8Cl3NO2S.C8H8Cl2O2/c1-10-7-6-8-11(2)14(10)16(13(17)9-19-4)12(3)15(18)20-5;1-3-4-9-15-13(19)18-11-8-6-5-7-10(11)16-12(18)17-14(20)21-2;10-9(11,12)16-13-7(14)5-3-1-2-4-6(5)8(13)15;1-11-7-3-6(10)8(12-2)4-5(7)9/h6-8,12H,9H2,1-5H3;5-8H,3-4,9H2,1-2H3,(H,15,19)(H,16,17,20);1-2,5-6H,3-4H2;3-4H,1-2H3. The number of nitrogens with one attached hydrogen (secondary N) is 2. The van der Waals surface area contributed by atoms with E-state index in [-0.39, 0.29) is 48.1 Å². The fourth-order valence-corrected chi connectivity index (χ4v) is 8.62. The number of anilines is 2. The Morgan fingerprint density at radius 3 is 1.88 bits per heavy atom. The number of imide groups is 1. The van der Waals surface area contributed by atoms with Gasteiger partial charge in [0.15, 0.2) is 0 Å². The lowest BCUT2D eigenvalue weighted by Crippen LogP contribution is -2.46. The van der Waals surface area contributed by atoms with Crippen LogP contribution >= 0.6 is 70.0 Å². The topological polar surface area (TPSA) is 197 Å². The number of hydrogen-bond donors (Lipinski definition) is 2. The summed E-state index contributed by atoms with van der Waals surface area (Å²) in [6.07, 6.45) is 6.20. The van der Waals surface area contributed by atoms with Gasteiger partial charge in [-0.05, 0) is 63.3 Å². The molecule has 376 valence electrons. The van der Waals surface area contributed by atoms with Crippen molar-refractivity contribution in [1.82, 2.24) is 19.2 Å². The highest BCUT2D eigenvalue weighted by atomic mass is 35.6. The maximum atomic E-state index is 12.3. The Balaban J connectivity index is 0.000000248. The molecule has 1 saturated heterocycles. The minimum absolute atomic E-state index is 0.0882. The molecule has 1 aliphatic carbocycles. The zero-order valence-corrected chi connectivity index (χ0v) is 44.0. The van der Waals surface area contributed by atoms with Crippen molar-refractivity contribution in [2.45, 2.75) is 62.5 Å². The van der Waals surface area contributed by atoms with Crippen molar-refractivity contribution >= 4 is 128 Å². The van der Waals surface area contributed by atoms with Gasteiger partial charge in [0.05, 0.1) is 67.0 Å². The van der Waals surface area contributed by atoms with E-state index in [0.29, 0.717) is 63.9 Å². The summed E-state index contributed by atoms with van der Waals surface area (Å²) in [6.45, 7) is 7.97. The number of methoxy groups -OCH3 is 5. The normalized spacial score (nSPS) is 15.2. The smallest absolute Gasteiger partial charge is 0.413 e. The van der Waals surface area contributed by atoms with E-state index in [1.54, 1.807) is 31.2 Å². The number of amides is 5. The predicted molar refractivity (Wildman–Crippen MR) is 271 cm³/mol. The number of nitrogens with zero attached hydrogens (tertiary/aromatic N) is 4. The molecule has 3 unspecified atom stereocenters. The van der Waals surface area contributed by atoms with E-state index in [9.17, 15) is 28.8 Å². The average molecular weight is 1080 g/mol. The number of allylic oxidation sites excluding steroid dienone is 2. The monoisotopic (exact) mass is 1070 g/mol. The van der Waals surface area contributed by atoms with Gasteiger partial charge in [0, 0.05) is 37.7 Å². The highest BCUT2D eigenvalue weighted by molar-refractivity contribution is 8.03. The molecule has 2 heterocycles. The molecule has 1 aromatic heterocycles. The third-order valence-corrected chi connectivity index (χ3v) is 12.2. The number of carbonyl (C=O) groups is 6. The molecule has 3 atom stereocenters. The summed E-state index contributed by atoms with van der Waals surface area (Å²) in [6, 6.07) is 15.1. The number of alkyl halides is 3. The predicted octanol–water partition coefficient (Wildman–Crippen LogP) is 10.3. The number of ether oxygens (including phenoxy) is 5. The van der Waals surface area contributed by atoms with Crippen LogP contribution in [0.25, 0.3) is 11.0 Å². The first-order valence-corrected chi connectivity index (χ1v) is 23.8. The Bertz CT molecular complexity index is 2390. The maximum Gasteiger partial charge on any atom is 0.413 e. The number of aromatic nitrogens is 2. The van der Waals surface area contributed by atoms with E-state index >= 15 is 0 Å². The third-order valence-electron chi connectivity index (χ3n) is 10.2. The van der Waals surface area contributed by atoms with Gasteiger partial charge in [0.25, 0.3) is 9.03 Å². The van der Waals surface area contributed by atoms with E-state index in [1.165, 1.54) is 45.0 Å². The number of rotatable bonds is 12. The largest absolute Gasteiger partial charge is 0.495 e. The van der Waals surface area contributed by atoms with Crippen LogP contribution in [-0.2, 0) is 33.4 Å². The van der Waals surface area contributed by atoms with Crippen LogP contribution < -0.4 is 25.0 Å². The lowest BCUT2D eigenvalue weighted by molar-refractivity contribution is -0.143. The Morgan fingerprint density at radius 2 is 1.41 bits per heavy atom. The second-order valence-electron chi connectivity index (χ2n) is 14.9. The number of imidazole rings is 1. The SMILES string of the molecule is CCCCNC(=O)n1c(NC(=O)OC)nc2ccccc21.COCC(=O)N(c1c(C)cccc1C)C(C)C(=O)OC.COc1cc(Cl)c(OC)cc1Cl.O=C1C2CC=CCC2C(=O)N1SC(Cl)(Cl)Cl. The van der Waals surface area contributed by atoms with Crippen molar-refractivity contribution in [3.63, 3.8) is 0 Å². The minimum atomic E-state index is -1.69. The van der Waals surface area contributed by atoms with Crippen molar-refractivity contribution in [2.24, 2.45) is 11.8 Å². The number of carbonyl (C=O) groups excluding carboxylic acids is 6. The molecule has 0 bridgehead atoms. The zero-order valence-electron chi connectivity index (χ0n) is 39.4. The van der Waals surface area contributed by atoms with Gasteiger partial charge in [-0.2, -0.15) is 0 Å². The van der Waals surface area contributed by atoms with Gasteiger partial charge in [-0.1, -0.05) is 114 Å². The van der Waals surface area contributed by atoms with E-state index in [1.807, 2.05) is 63.3 Å². The molecular weight excluding hydrogens is 1020 g/mol. The van der Waals surface area contributed by atoms with Crippen LogP contribution in [0.3, 0.4) is 0 Å².